The number of carbonyl (C=O) groups is 2. The van der Waals surface area contributed by atoms with Crippen molar-refractivity contribution in [3.63, 3.8) is 0 Å². The van der Waals surface area contributed by atoms with Gasteiger partial charge in [0.25, 0.3) is 5.91 Å². The van der Waals surface area contributed by atoms with Gasteiger partial charge in [-0.1, -0.05) is 18.2 Å². The van der Waals surface area contributed by atoms with Crippen molar-refractivity contribution < 1.29 is 14.3 Å². The number of anilines is 2. The third-order valence-electron chi connectivity index (χ3n) is 6.14. The molecule has 0 radical (unpaired) electrons. The highest BCUT2D eigenvalue weighted by Crippen LogP contribution is 2.21. The van der Waals surface area contributed by atoms with Gasteiger partial charge in [-0.05, 0) is 53.6 Å². The molecular weight excluding hydrogens is 430 g/mol. The van der Waals surface area contributed by atoms with Gasteiger partial charge in [0.2, 0.25) is 0 Å². The standard InChI is InChI=1S/C26H27N5O3/c32-25(28-16-19-3-9-23(10-4-19)30-12-14-34-15-13-30)20-5-7-22(8-6-20)29-26(33)31-17-21-2-1-11-27-24(21)18-31/h1-11H,12-18H2,(H,28,32)(H,29,33). The molecule has 2 aliphatic heterocycles. The molecule has 8 heteroatoms. The fourth-order valence-electron chi connectivity index (χ4n) is 4.18. The summed E-state index contributed by atoms with van der Waals surface area (Å²) in [7, 11) is 0. The quantitative estimate of drug-likeness (QED) is 0.613. The lowest BCUT2D eigenvalue weighted by Gasteiger charge is -2.28. The van der Waals surface area contributed by atoms with E-state index < -0.39 is 0 Å². The SMILES string of the molecule is O=C(NCc1ccc(N2CCOCC2)cc1)c1ccc(NC(=O)N2Cc3cccnc3C2)cc1. The average Bonchev–Trinajstić information content (AvgIpc) is 3.33. The smallest absolute Gasteiger partial charge is 0.322 e. The van der Waals surface area contributed by atoms with E-state index in [0.717, 1.165) is 43.1 Å². The Labute approximate surface area is 198 Å². The van der Waals surface area contributed by atoms with Crippen LogP contribution in [0, 0.1) is 0 Å². The van der Waals surface area contributed by atoms with Gasteiger partial charge < -0.3 is 25.2 Å². The summed E-state index contributed by atoms with van der Waals surface area (Å²) in [4.78, 5) is 33.5. The van der Waals surface area contributed by atoms with E-state index in [0.29, 0.717) is 30.9 Å². The summed E-state index contributed by atoms with van der Waals surface area (Å²) in [5, 5.41) is 5.84. The number of hydrogen-bond acceptors (Lipinski definition) is 5. The summed E-state index contributed by atoms with van der Waals surface area (Å²) in [6, 6.07) is 18.8. The van der Waals surface area contributed by atoms with Gasteiger partial charge in [-0.2, -0.15) is 0 Å². The molecule has 1 aromatic heterocycles. The number of nitrogens with zero attached hydrogens (tertiary/aromatic N) is 3. The number of morpholine rings is 1. The number of nitrogens with one attached hydrogen (secondary N) is 2. The van der Waals surface area contributed by atoms with Crippen molar-refractivity contribution >= 4 is 23.3 Å². The molecule has 1 fully saturated rings. The van der Waals surface area contributed by atoms with Crippen molar-refractivity contribution in [1.29, 1.82) is 0 Å². The highest BCUT2D eigenvalue weighted by molar-refractivity contribution is 5.95. The Morgan fingerprint density at radius 1 is 0.941 bits per heavy atom. The number of rotatable bonds is 5. The topological polar surface area (TPSA) is 86.8 Å². The normalized spacial score (nSPS) is 15.1. The first kappa shape index (κ1) is 21.9. The molecule has 8 nitrogen and oxygen atoms in total. The molecule has 2 aromatic carbocycles. The number of hydrogen-bond donors (Lipinski definition) is 2. The molecule has 0 spiro atoms. The van der Waals surface area contributed by atoms with E-state index in [1.165, 1.54) is 5.69 Å². The van der Waals surface area contributed by atoms with Crippen LogP contribution in [0.15, 0.2) is 66.9 Å². The Balaban J connectivity index is 1.11. The minimum absolute atomic E-state index is 0.156. The highest BCUT2D eigenvalue weighted by atomic mass is 16.5. The van der Waals surface area contributed by atoms with Gasteiger partial charge in [0, 0.05) is 49.3 Å². The molecule has 0 atom stereocenters. The Morgan fingerprint density at radius 2 is 1.71 bits per heavy atom. The Kier molecular flexibility index (Phi) is 6.40. The molecule has 3 amide bonds. The second kappa shape index (κ2) is 9.93. The van der Waals surface area contributed by atoms with Crippen LogP contribution in [0.25, 0.3) is 0 Å². The van der Waals surface area contributed by atoms with E-state index in [2.05, 4.69) is 32.7 Å². The zero-order valence-electron chi connectivity index (χ0n) is 18.9. The maximum absolute atomic E-state index is 12.6. The van der Waals surface area contributed by atoms with Crippen molar-refractivity contribution in [3.05, 3.63) is 89.2 Å². The van der Waals surface area contributed by atoms with Crippen LogP contribution in [-0.2, 0) is 24.4 Å². The lowest BCUT2D eigenvalue weighted by atomic mass is 10.1. The summed E-state index contributed by atoms with van der Waals surface area (Å²) in [5.41, 5.74) is 5.39. The van der Waals surface area contributed by atoms with Crippen LogP contribution in [0.5, 0.6) is 0 Å². The van der Waals surface area contributed by atoms with Crippen LogP contribution in [0.3, 0.4) is 0 Å². The number of benzene rings is 2. The first-order valence-electron chi connectivity index (χ1n) is 11.4. The molecule has 2 aliphatic rings. The molecule has 0 aliphatic carbocycles. The third kappa shape index (κ3) is 5.02. The molecule has 174 valence electrons. The maximum Gasteiger partial charge on any atom is 0.322 e. The van der Waals surface area contributed by atoms with Crippen molar-refractivity contribution in [3.8, 4) is 0 Å². The van der Waals surface area contributed by atoms with Gasteiger partial charge >= 0.3 is 6.03 Å². The van der Waals surface area contributed by atoms with Crippen molar-refractivity contribution in [2.45, 2.75) is 19.6 Å². The average molecular weight is 458 g/mol. The van der Waals surface area contributed by atoms with Gasteiger partial charge in [-0.25, -0.2) is 4.79 Å². The van der Waals surface area contributed by atoms with Crippen LogP contribution in [0.4, 0.5) is 16.2 Å². The van der Waals surface area contributed by atoms with E-state index in [1.807, 2.05) is 24.3 Å². The second-order valence-corrected chi connectivity index (χ2v) is 8.42. The van der Waals surface area contributed by atoms with Crippen molar-refractivity contribution in [2.75, 3.05) is 36.5 Å². The fraction of sp³-hybridized carbons (Fsp3) is 0.269. The van der Waals surface area contributed by atoms with E-state index in [-0.39, 0.29) is 11.9 Å². The second-order valence-electron chi connectivity index (χ2n) is 8.42. The lowest BCUT2D eigenvalue weighted by Crippen LogP contribution is -2.36. The molecule has 0 unspecified atom stereocenters. The molecule has 0 saturated carbocycles. The number of aromatic nitrogens is 1. The van der Waals surface area contributed by atoms with Crippen molar-refractivity contribution in [1.82, 2.24) is 15.2 Å². The van der Waals surface area contributed by atoms with Crippen LogP contribution < -0.4 is 15.5 Å². The van der Waals surface area contributed by atoms with E-state index >= 15 is 0 Å². The van der Waals surface area contributed by atoms with E-state index in [9.17, 15) is 9.59 Å². The fourth-order valence-corrected chi connectivity index (χ4v) is 4.18. The molecule has 3 heterocycles. The Hall–Kier alpha value is -3.91. The minimum Gasteiger partial charge on any atom is -0.378 e. The van der Waals surface area contributed by atoms with Crippen LogP contribution in [0.1, 0.15) is 27.2 Å². The largest absolute Gasteiger partial charge is 0.378 e. The maximum atomic E-state index is 12.6. The zero-order chi connectivity index (χ0) is 23.3. The molecular formula is C26H27N5O3. The van der Waals surface area contributed by atoms with Crippen LogP contribution in [-0.4, -0.2) is 48.1 Å². The van der Waals surface area contributed by atoms with Gasteiger partial charge in [0.05, 0.1) is 25.5 Å². The zero-order valence-corrected chi connectivity index (χ0v) is 18.9. The minimum atomic E-state index is -0.185. The monoisotopic (exact) mass is 457 g/mol. The predicted octanol–water partition coefficient (Wildman–Crippen LogP) is 3.40. The summed E-state index contributed by atoms with van der Waals surface area (Å²) in [5.74, 6) is -0.156. The number of amides is 3. The van der Waals surface area contributed by atoms with Crippen LogP contribution >= 0.6 is 0 Å². The van der Waals surface area contributed by atoms with Gasteiger partial charge in [0.15, 0.2) is 0 Å². The van der Waals surface area contributed by atoms with Gasteiger partial charge in [-0.3, -0.25) is 9.78 Å². The summed E-state index contributed by atoms with van der Waals surface area (Å²) < 4.78 is 5.40. The van der Waals surface area contributed by atoms with Crippen molar-refractivity contribution in [2.24, 2.45) is 0 Å². The number of ether oxygens (including phenoxy) is 1. The predicted molar refractivity (Wildman–Crippen MR) is 130 cm³/mol. The number of urea groups is 1. The molecule has 3 aromatic rings. The summed E-state index contributed by atoms with van der Waals surface area (Å²) in [6.45, 7) is 4.79. The molecule has 0 bridgehead atoms. The molecule has 5 rings (SSSR count). The lowest BCUT2D eigenvalue weighted by molar-refractivity contribution is 0.0951. The Morgan fingerprint density at radius 3 is 2.44 bits per heavy atom. The van der Waals surface area contributed by atoms with E-state index in [1.54, 1.807) is 35.4 Å². The summed E-state index contributed by atoms with van der Waals surface area (Å²) in [6.07, 6.45) is 1.74. The van der Waals surface area contributed by atoms with Crippen LogP contribution in [0.2, 0.25) is 0 Å². The molecule has 34 heavy (non-hydrogen) atoms. The third-order valence-corrected chi connectivity index (χ3v) is 6.14. The number of carbonyl (C=O) groups excluding carboxylic acids is 2. The highest BCUT2D eigenvalue weighted by Gasteiger charge is 2.24. The number of fused-ring (bicyclic) bond motifs is 1. The number of pyridine rings is 1. The first-order chi connectivity index (χ1) is 16.7. The Bertz CT molecular complexity index is 1130. The summed E-state index contributed by atoms with van der Waals surface area (Å²) >= 11 is 0. The van der Waals surface area contributed by atoms with Gasteiger partial charge in [0.1, 0.15) is 0 Å². The first-order valence-corrected chi connectivity index (χ1v) is 11.4. The van der Waals surface area contributed by atoms with E-state index in [4.69, 9.17) is 4.74 Å². The van der Waals surface area contributed by atoms with Gasteiger partial charge in [-0.15, -0.1) is 0 Å². The molecule has 1 saturated heterocycles. The molecule has 2 N–H and O–H groups in total.